The first kappa shape index (κ1) is 17.0. The van der Waals surface area contributed by atoms with E-state index in [9.17, 15) is 4.79 Å². The van der Waals surface area contributed by atoms with Crippen molar-refractivity contribution in [3.05, 3.63) is 35.4 Å². The molecule has 1 N–H and O–H groups in total. The van der Waals surface area contributed by atoms with Crippen LogP contribution >= 0.6 is 0 Å². The van der Waals surface area contributed by atoms with Crippen molar-refractivity contribution < 1.29 is 9.53 Å². The second kappa shape index (κ2) is 9.59. The smallest absolute Gasteiger partial charge is 0.220 e. The van der Waals surface area contributed by atoms with E-state index in [0.717, 1.165) is 58.7 Å². The van der Waals surface area contributed by atoms with E-state index in [1.165, 1.54) is 11.1 Å². The van der Waals surface area contributed by atoms with Gasteiger partial charge < -0.3 is 10.1 Å². The van der Waals surface area contributed by atoms with Crippen LogP contribution in [-0.4, -0.2) is 50.2 Å². The van der Waals surface area contributed by atoms with Gasteiger partial charge in [0.25, 0.3) is 0 Å². The molecule has 0 radical (unpaired) electrons. The van der Waals surface area contributed by atoms with Crippen molar-refractivity contribution in [3.63, 3.8) is 0 Å². The summed E-state index contributed by atoms with van der Waals surface area (Å²) in [5, 5.41) is 3.02. The minimum Gasteiger partial charge on any atom is -0.379 e. The number of hydrogen-bond donors (Lipinski definition) is 1. The van der Waals surface area contributed by atoms with Gasteiger partial charge in [-0.25, -0.2) is 0 Å². The van der Waals surface area contributed by atoms with Gasteiger partial charge >= 0.3 is 0 Å². The number of morpholine rings is 1. The molecular weight excluding hydrogens is 276 g/mol. The summed E-state index contributed by atoms with van der Waals surface area (Å²) in [6.07, 6.45) is 3.46. The fourth-order valence-electron chi connectivity index (χ4n) is 2.64. The number of nitrogens with one attached hydrogen (secondary N) is 1. The summed E-state index contributed by atoms with van der Waals surface area (Å²) in [7, 11) is 0. The molecule has 0 atom stereocenters. The standard InChI is InChI=1S/C18H28N2O2/c1-2-16-4-6-17(7-5-16)8-9-18(21)19-10-3-11-20-12-14-22-15-13-20/h4-7H,2-3,8-15H2,1H3,(H,19,21). The molecule has 1 aromatic carbocycles. The molecule has 1 heterocycles. The predicted octanol–water partition coefficient (Wildman–Crippen LogP) is 2.02. The molecule has 0 bridgehead atoms. The number of nitrogens with zero attached hydrogens (tertiary/aromatic N) is 1. The molecule has 0 aliphatic carbocycles. The Kier molecular flexibility index (Phi) is 7.40. The second-order valence-corrected chi connectivity index (χ2v) is 5.83. The monoisotopic (exact) mass is 304 g/mol. The molecule has 2 rings (SSSR count). The van der Waals surface area contributed by atoms with Crippen LogP contribution in [0.15, 0.2) is 24.3 Å². The Bertz CT molecular complexity index is 439. The van der Waals surface area contributed by atoms with Gasteiger partial charge in [0.2, 0.25) is 5.91 Å². The largest absolute Gasteiger partial charge is 0.379 e. The Labute approximate surface area is 133 Å². The van der Waals surface area contributed by atoms with Gasteiger partial charge in [-0.1, -0.05) is 31.2 Å². The van der Waals surface area contributed by atoms with Crippen molar-refractivity contribution in [2.45, 2.75) is 32.6 Å². The lowest BCUT2D eigenvalue weighted by molar-refractivity contribution is -0.121. The number of carbonyl (C=O) groups is 1. The molecule has 1 fully saturated rings. The number of hydrogen-bond acceptors (Lipinski definition) is 3. The zero-order valence-corrected chi connectivity index (χ0v) is 13.6. The Morgan fingerprint density at radius 1 is 1.18 bits per heavy atom. The van der Waals surface area contributed by atoms with Crippen molar-refractivity contribution in [2.75, 3.05) is 39.4 Å². The van der Waals surface area contributed by atoms with Gasteiger partial charge in [0.15, 0.2) is 0 Å². The predicted molar refractivity (Wildman–Crippen MR) is 89.0 cm³/mol. The van der Waals surface area contributed by atoms with Gasteiger partial charge in [0.1, 0.15) is 0 Å². The van der Waals surface area contributed by atoms with Crippen molar-refractivity contribution in [2.24, 2.45) is 0 Å². The van der Waals surface area contributed by atoms with Crippen molar-refractivity contribution >= 4 is 5.91 Å². The zero-order chi connectivity index (χ0) is 15.6. The van der Waals surface area contributed by atoms with Crippen LogP contribution in [0, 0.1) is 0 Å². The molecule has 4 nitrogen and oxygen atoms in total. The highest BCUT2D eigenvalue weighted by Gasteiger charge is 2.09. The van der Waals surface area contributed by atoms with Gasteiger partial charge in [-0.05, 0) is 36.9 Å². The summed E-state index contributed by atoms with van der Waals surface area (Å²) < 4.78 is 5.32. The van der Waals surface area contributed by atoms with Gasteiger partial charge in [0.05, 0.1) is 13.2 Å². The molecule has 0 spiro atoms. The van der Waals surface area contributed by atoms with Crippen molar-refractivity contribution in [1.82, 2.24) is 10.2 Å². The first-order chi connectivity index (χ1) is 10.8. The number of rotatable bonds is 8. The van der Waals surface area contributed by atoms with E-state index >= 15 is 0 Å². The normalized spacial score (nSPS) is 15.7. The average Bonchev–Trinajstić information content (AvgIpc) is 2.58. The van der Waals surface area contributed by atoms with Gasteiger partial charge in [-0.2, -0.15) is 0 Å². The molecular formula is C18H28N2O2. The molecule has 122 valence electrons. The van der Waals surface area contributed by atoms with Crippen LogP contribution in [0.3, 0.4) is 0 Å². The van der Waals surface area contributed by atoms with Crippen LogP contribution in [0.5, 0.6) is 0 Å². The van der Waals surface area contributed by atoms with E-state index in [0.29, 0.717) is 6.42 Å². The summed E-state index contributed by atoms with van der Waals surface area (Å²) in [5.74, 6) is 0.154. The molecule has 4 heteroatoms. The first-order valence-corrected chi connectivity index (χ1v) is 8.42. The zero-order valence-electron chi connectivity index (χ0n) is 13.6. The van der Waals surface area contributed by atoms with Gasteiger partial charge in [0, 0.05) is 26.1 Å². The maximum atomic E-state index is 11.8. The van der Waals surface area contributed by atoms with Crippen LogP contribution in [0.25, 0.3) is 0 Å². The number of ether oxygens (including phenoxy) is 1. The van der Waals surface area contributed by atoms with Crippen molar-refractivity contribution in [1.29, 1.82) is 0 Å². The quantitative estimate of drug-likeness (QED) is 0.747. The average molecular weight is 304 g/mol. The Balaban J connectivity index is 1.55. The van der Waals surface area contributed by atoms with Crippen LogP contribution in [0.2, 0.25) is 0 Å². The molecule has 22 heavy (non-hydrogen) atoms. The molecule has 0 unspecified atom stereocenters. The maximum Gasteiger partial charge on any atom is 0.220 e. The molecule has 1 aliphatic heterocycles. The highest BCUT2D eigenvalue weighted by Crippen LogP contribution is 2.07. The van der Waals surface area contributed by atoms with Crippen LogP contribution in [0.4, 0.5) is 0 Å². The van der Waals surface area contributed by atoms with E-state index in [-0.39, 0.29) is 5.91 Å². The van der Waals surface area contributed by atoms with E-state index in [2.05, 4.69) is 41.4 Å². The third kappa shape index (κ3) is 6.16. The summed E-state index contributed by atoms with van der Waals surface area (Å²) in [4.78, 5) is 14.2. The minimum atomic E-state index is 0.154. The van der Waals surface area contributed by atoms with E-state index in [4.69, 9.17) is 4.74 Å². The lowest BCUT2D eigenvalue weighted by Crippen LogP contribution is -2.38. The highest BCUT2D eigenvalue weighted by atomic mass is 16.5. The van der Waals surface area contributed by atoms with Gasteiger partial charge in [-0.3, -0.25) is 9.69 Å². The maximum absolute atomic E-state index is 11.8. The van der Waals surface area contributed by atoms with Crippen molar-refractivity contribution in [3.8, 4) is 0 Å². The third-order valence-electron chi connectivity index (χ3n) is 4.15. The second-order valence-electron chi connectivity index (χ2n) is 5.83. The molecule has 1 aliphatic rings. The molecule has 1 saturated heterocycles. The Morgan fingerprint density at radius 3 is 2.55 bits per heavy atom. The number of amides is 1. The Morgan fingerprint density at radius 2 is 1.86 bits per heavy atom. The first-order valence-electron chi connectivity index (χ1n) is 8.42. The molecule has 0 saturated carbocycles. The number of benzene rings is 1. The number of aryl methyl sites for hydroxylation is 2. The van der Waals surface area contributed by atoms with Gasteiger partial charge in [-0.15, -0.1) is 0 Å². The SMILES string of the molecule is CCc1ccc(CCC(=O)NCCCN2CCOCC2)cc1. The van der Waals surface area contributed by atoms with Crippen LogP contribution in [0.1, 0.15) is 30.9 Å². The molecule has 1 amide bonds. The molecule has 0 aromatic heterocycles. The van der Waals surface area contributed by atoms with E-state index in [1.807, 2.05) is 0 Å². The van der Waals surface area contributed by atoms with E-state index < -0.39 is 0 Å². The lowest BCUT2D eigenvalue weighted by atomic mass is 10.1. The Hall–Kier alpha value is -1.39. The van der Waals surface area contributed by atoms with E-state index in [1.54, 1.807) is 0 Å². The van der Waals surface area contributed by atoms with Crippen LogP contribution in [-0.2, 0) is 22.4 Å². The summed E-state index contributed by atoms with van der Waals surface area (Å²) in [5.41, 5.74) is 2.58. The highest BCUT2D eigenvalue weighted by molar-refractivity contribution is 5.76. The minimum absolute atomic E-state index is 0.154. The lowest BCUT2D eigenvalue weighted by Gasteiger charge is -2.26. The van der Waals surface area contributed by atoms with Crippen LogP contribution < -0.4 is 5.32 Å². The summed E-state index contributed by atoms with van der Waals surface area (Å²) >= 11 is 0. The summed E-state index contributed by atoms with van der Waals surface area (Å²) in [6.45, 7) is 7.67. The fourth-order valence-corrected chi connectivity index (χ4v) is 2.64. The third-order valence-corrected chi connectivity index (χ3v) is 4.15. The summed E-state index contributed by atoms with van der Waals surface area (Å²) in [6, 6.07) is 8.56. The number of carbonyl (C=O) groups excluding carboxylic acids is 1. The fraction of sp³-hybridized carbons (Fsp3) is 0.611. The molecule has 1 aromatic rings. The topological polar surface area (TPSA) is 41.6 Å².